The third-order valence-corrected chi connectivity index (χ3v) is 4.46. The fourth-order valence-corrected chi connectivity index (χ4v) is 3.53. The summed E-state index contributed by atoms with van der Waals surface area (Å²) in [5.74, 6) is -0.815. The summed E-state index contributed by atoms with van der Waals surface area (Å²) < 4.78 is 0. The van der Waals surface area contributed by atoms with E-state index in [4.69, 9.17) is 11.6 Å². The summed E-state index contributed by atoms with van der Waals surface area (Å²) in [6.07, 6.45) is 0. The van der Waals surface area contributed by atoms with Gasteiger partial charge in [0.05, 0.1) is 5.69 Å². The second-order valence-corrected chi connectivity index (χ2v) is 6.07. The van der Waals surface area contributed by atoms with Gasteiger partial charge in [0.2, 0.25) is 5.91 Å². The van der Waals surface area contributed by atoms with Gasteiger partial charge in [-0.1, -0.05) is 29.8 Å². The molecule has 0 saturated carbocycles. The third kappa shape index (κ3) is 1.97. The first-order valence-electron chi connectivity index (χ1n) is 7.15. The molecule has 1 aromatic heterocycles. The van der Waals surface area contributed by atoms with Crippen LogP contribution in [0.4, 0.5) is 11.4 Å². The van der Waals surface area contributed by atoms with Crippen LogP contribution in [-0.2, 0) is 4.79 Å². The number of para-hydroxylation sites is 1. The van der Waals surface area contributed by atoms with Crippen molar-refractivity contribution in [2.24, 2.45) is 5.18 Å². The number of hydrogen-bond acceptors (Lipinski definition) is 3. The molecule has 1 atom stereocenters. The van der Waals surface area contributed by atoms with Crippen LogP contribution >= 0.6 is 11.6 Å². The number of carbonyl (C=O) groups is 1. The molecule has 2 aromatic carbocycles. The van der Waals surface area contributed by atoms with Crippen LogP contribution in [0.15, 0.2) is 41.6 Å². The summed E-state index contributed by atoms with van der Waals surface area (Å²) in [4.78, 5) is 27.1. The van der Waals surface area contributed by atoms with E-state index >= 15 is 0 Å². The van der Waals surface area contributed by atoms with Crippen molar-refractivity contribution in [1.29, 1.82) is 0 Å². The molecule has 2 N–H and O–H groups in total. The summed E-state index contributed by atoms with van der Waals surface area (Å²) in [6, 6.07) is 10.9. The van der Waals surface area contributed by atoms with E-state index in [1.54, 1.807) is 12.1 Å². The zero-order chi connectivity index (χ0) is 16.1. The smallest absolute Gasteiger partial charge is 0.238 e. The van der Waals surface area contributed by atoms with Gasteiger partial charge < -0.3 is 10.3 Å². The van der Waals surface area contributed by atoms with E-state index in [0.29, 0.717) is 16.1 Å². The highest BCUT2D eigenvalue weighted by Gasteiger charge is 2.36. The molecular weight excluding hydrogens is 314 g/mol. The van der Waals surface area contributed by atoms with E-state index in [0.717, 1.165) is 22.3 Å². The van der Waals surface area contributed by atoms with Crippen LogP contribution in [-0.4, -0.2) is 10.9 Å². The number of aromatic nitrogens is 1. The number of halogens is 1. The topological polar surface area (TPSA) is 74.3 Å². The number of nitroso groups, excluding NO2 is 1. The molecule has 2 heterocycles. The van der Waals surface area contributed by atoms with Crippen LogP contribution in [0.2, 0.25) is 5.02 Å². The lowest BCUT2D eigenvalue weighted by atomic mass is 9.95. The zero-order valence-corrected chi connectivity index (χ0v) is 12.9. The molecule has 4 rings (SSSR count). The van der Waals surface area contributed by atoms with Gasteiger partial charge in [0, 0.05) is 21.6 Å². The highest BCUT2D eigenvalue weighted by Crippen LogP contribution is 2.45. The normalized spacial score (nSPS) is 16.4. The van der Waals surface area contributed by atoms with Crippen molar-refractivity contribution >= 4 is 39.8 Å². The maximum absolute atomic E-state index is 12.5. The van der Waals surface area contributed by atoms with E-state index in [1.165, 1.54) is 0 Å². The predicted octanol–water partition coefficient (Wildman–Crippen LogP) is 4.61. The van der Waals surface area contributed by atoms with Crippen LogP contribution in [0, 0.1) is 11.8 Å². The number of anilines is 1. The van der Waals surface area contributed by atoms with Crippen molar-refractivity contribution in [3.8, 4) is 0 Å². The molecule has 6 heteroatoms. The SMILES string of the molecule is Cc1cc(Cl)cc2c1NC(=O)C2c1[nH]c2ccccc2c1N=O. The van der Waals surface area contributed by atoms with Gasteiger partial charge >= 0.3 is 0 Å². The first-order valence-corrected chi connectivity index (χ1v) is 7.53. The van der Waals surface area contributed by atoms with Gasteiger partial charge in [0.15, 0.2) is 0 Å². The molecule has 0 aliphatic carbocycles. The summed E-state index contributed by atoms with van der Waals surface area (Å²) in [7, 11) is 0. The zero-order valence-electron chi connectivity index (χ0n) is 12.2. The van der Waals surface area contributed by atoms with Gasteiger partial charge in [-0.2, -0.15) is 0 Å². The summed E-state index contributed by atoms with van der Waals surface area (Å²) in [5, 5.41) is 7.30. The third-order valence-electron chi connectivity index (χ3n) is 4.24. The quantitative estimate of drug-likeness (QED) is 0.675. The van der Waals surface area contributed by atoms with E-state index in [2.05, 4.69) is 15.5 Å². The molecule has 1 aliphatic heterocycles. The average molecular weight is 326 g/mol. The van der Waals surface area contributed by atoms with Gasteiger partial charge in [0.25, 0.3) is 0 Å². The highest BCUT2D eigenvalue weighted by molar-refractivity contribution is 6.31. The number of aromatic amines is 1. The molecule has 0 radical (unpaired) electrons. The molecule has 5 nitrogen and oxygen atoms in total. The Hall–Kier alpha value is -2.66. The Morgan fingerprint density at radius 3 is 2.78 bits per heavy atom. The van der Waals surface area contributed by atoms with Crippen LogP contribution in [0.3, 0.4) is 0 Å². The van der Waals surface area contributed by atoms with Crippen molar-refractivity contribution in [1.82, 2.24) is 4.98 Å². The lowest BCUT2D eigenvalue weighted by Gasteiger charge is -2.09. The van der Waals surface area contributed by atoms with Gasteiger partial charge in [-0.3, -0.25) is 4.79 Å². The summed E-state index contributed by atoms with van der Waals surface area (Å²) in [6.45, 7) is 1.89. The Kier molecular flexibility index (Phi) is 2.99. The summed E-state index contributed by atoms with van der Waals surface area (Å²) >= 11 is 6.15. The molecule has 0 spiro atoms. The molecule has 1 unspecified atom stereocenters. The van der Waals surface area contributed by atoms with E-state index < -0.39 is 5.92 Å². The number of carbonyl (C=O) groups excluding carboxylic acids is 1. The number of nitrogens with one attached hydrogen (secondary N) is 2. The molecule has 0 fully saturated rings. The number of hydrogen-bond donors (Lipinski definition) is 2. The maximum atomic E-state index is 12.5. The van der Waals surface area contributed by atoms with E-state index in [9.17, 15) is 9.70 Å². The minimum Gasteiger partial charge on any atom is -0.356 e. The first-order chi connectivity index (χ1) is 11.1. The Labute approximate surface area is 136 Å². The van der Waals surface area contributed by atoms with Crippen molar-refractivity contribution in [3.63, 3.8) is 0 Å². The van der Waals surface area contributed by atoms with Crippen LogP contribution in [0.25, 0.3) is 10.9 Å². The Bertz CT molecular complexity index is 977. The molecule has 3 aromatic rings. The van der Waals surface area contributed by atoms with Gasteiger partial charge in [-0.25, -0.2) is 0 Å². The lowest BCUT2D eigenvalue weighted by Crippen LogP contribution is -2.13. The number of nitrogens with zero attached hydrogens (tertiary/aromatic N) is 1. The molecule has 1 aliphatic rings. The summed E-state index contributed by atoms with van der Waals surface area (Å²) in [5.41, 5.74) is 3.94. The molecule has 0 saturated heterocycles. The second-order valence-electron chi connectivity index (χ2n) is 5.63. The van der Waals surface area contributed by atoms with Gasteiger partial charge in [0.1, 0.15) is 11.6 Å². The molecular formula is C17H12ClN3O2. The van der Waals surface area contributed by atoms with E-state index in [-0.39, 0.29) is 11.6 Å². The second kappa shape index (κ2) is 4.93. The minimum atomic E-state index is -0.623. The standard InChI is InChI=1S/C17H12ClN3O2/c1-8-6-9(18)7-11-13(17(22)20-14(8)11)16-15(21-23)10-4-2-3-5-12(10)19-16/h2-7,13,19H,1H3,(H,20,22). The number of amides is 1. The minimum absolute atomic E-state index is 0.193. The molecule has 1 amide bonds. The van der Waals surface area contributed by atoms with Crippen LogP contribution < -0.4 is 5.32 Å². The molecule has 0 bridgehead atoms. The predicted molar refractivity (Wildman–Crippen MR) is 90.4 cm³/mol. The lowest BCUT2D eigenvalue weighted by molar-refractivity contribution is -0.116. The Balaban J connectivity index is 2.00. The number of fused-ring (bicyclic) bond motifs is 2. The van der Waals surface area contributed by atoms with Gasteiger partial charge in [-0.05, 0) is 41.4 Å². The van der Waals surface area contributed by atoms with Crippen molar-refractivity contribution in [2.45, 2.75) is 12.8 Å². The highest BCUT2D eigenvalue weighted by atomic mass is 35.5. The fraction of sp³-hybridized carbons (Fsp3) is 0.118. The van der Waals surface area contributed by atoms with Crippen LogP contribution in [0.5, 0.6) is 0 Å². The largest absolute Gasteiger partial charge is 0.356 e. The number of benzene rings is 2. The fourth-order valence-electron chi connectivity index (χ4n) is 3.25. The number of rotatable bonds is 2. The monoisotopic (exact) mass is 325 g/mol. The Morgan fingerprint density at radius 2 is 2.00 bits per heavy atom. The number of aryl methyl sites for hydroxylation is 1. The first kappa shape index (κ1) is 14.0. The van der Waals surface area contributed by atoms with E-state index in [1.807, 2.05) is 31.2 Å². The molecule has 23 heavy (non-hydrogen) atoms. The van der Waals surface area contributed by atoms with Crippen molar-refractivity contribution < 1.29 is 4.79 Å². The number of H-pyrrole nitrogens is 1. The van der Waals surface area contributed by atoms with Gasteiger partial charge in [-0.15, -0.1) is 4.91 Å². The molecule has 114 valence electrons. The van der Waals surface area contributed by atoms with Crippen molar-refractivity contribution in [2.75, 3.05) is 5.32 Å². The van der Waals surface area contributed by atoms with Crippen LogP contribution in [0.1, 0.15) is 22.7 Å². The van der Waals surface area contributed by atoms with Crippen molar-refractivity contribution in [3.05, 3.63) is 63.1 Å². The average Bonchev–Trinajstić information content (AvgIpc) is 3.04. The maximum Gasteiger partial charge on any atom is 0.238 e. The Morgan fingerprint density at radius 1 is 1.22 bits per heavy atom.